The van der Waals surface area contributed by atoms with E-state index in [0.717, 1.165) is 5.56 Å². The fraction of sp³-hybridized carbons (Fsp3) is 0.471. The number of nitrogens with one attached hydrogen (secondary N) is 1. The maximum Gasteiger partial charge on any atom is 0.338 e. The average Bonchev–Trinajstić information content (AvgIpc) is 2.58. The van der Waals surface area contributed by atoms with Crippen LogP contribution in [0.15, 0.2) is 24.3 Å². The van der Waals surface area contributed by atoms with E-state index in [0.29, 0.717) is 31.8 Å². The van der Waals surface area contributed by atoms with Crippen LogP contribution < -0.4 is 5.32 Å². The zero-order valence-electron chi connectivity index (χ0n) is 13.9. The third-order valence-corrected chi connectivity index (χ3v) is 3.65. The van der Waals surface area contributed by atoms with Gasteiger partial charge >= 0.3 is 5.97 Å². The zero-order chi connectivity index (χ0) is 17.5. The number of benzene rings is 1. The number of nitrogens with zero attached hydrogens (tertiary/aromatic N) is 1. The molecule has 1 N–H and O–H groups in total. The minimum Gasteiger partial charge on any atom is -0.452 e. The topological polar surface area (TPSA) is 84.9 Å². The van der Waals surface area contributed by atoms with Gasteiger partial charge in [-0.05, 0) is 24.6 Å². The van der Waals surface area contributed by atoms with Crippen molar-refractivity contribution in [3.63, 3.8) is 0 Å². The van der Waals surface area contributed by atoms with Crippen molar-refractivity contribution in [1.82, 2.24) is 10.2 Å². The maximum absolute atomic E-state index is 12.0. The van der Waals surface area contributed by atoms with Gasteiger partial charge in [-0.1, -0.05) is 12.1 Å². The molecular formula is C17H22N2O5. The van der Waals surface area contributed by atoms with Crippen LogP contribution in [0.5, 0.6) is 0 Å². The molecule has 7 nitrogen and oxygen atoms in total. The van der Waals surface area contributed by atoms with Crippen molar-refractivity contribution in [1.29, 1.82) is 0 Å². The summed E-state index contributed by atoms with van der Waals surface area (Å²) in [6, 6.07) is 6.69. The van der Waals surface area contributed by atoms with Gasteiger partial charge in [-0.2, -0.15) is 0 Å². The molecule has 1 aromatic carbocycles. The van der Waals surface area contributed by atoms with Crippen molar-refractivity contribution in [2.45, 2.75) is 26.5 Å². The molecule has 1 aromatic rings. The summed E-state index contributed by atoms with van der Waals surface area (Å²) >= 11 is 0. The van der Waals surface area contributed by atoms with Crippen molar-refractivity contribution in [3.05, 3.63) is 35.4 Å². The van der Waals surface area contributed by atoms with Crippen LogP contribution in [0.25, 0.3) is 0 Å². The highest BCUT2D eigenvalue weighted by molar-refractivity contribution is 5.91. The van der Waals surface area contributed by atoms with Gasteiger partial charge in [0.05, 0.1) is 18.3 Å². The Morgan fingerprint density at radius 2 is 2.00 bits per heavy atom. The monoisotopic (exact) mass is 334 g/mol. The van der Waals surface area contributed by atoms with E-state index >= 15 is 0 Å². The summed E-state index contributed by atoms with van der Waals surface area (Å²) in [6.45, 7) is 4.98. The minimum absolute atomic E-state index is 0.00504. The van der Waals surface area contributed by atoms with E-state index in [1.54, 1.807) is 29.2 Å². The number of carbonyl (C=O) groups excluding carboxylic acids is 3. The third kappa shape index (κ3) is 5.34. The van der Waals surface area contributed by atoms with E-state index in [4.69, 9.17) is 9.47 Å². The molecule has 0 spiro atoms. The average molecular weight is 334 g/mol. The molecule has 2 rings (SSSR count). The molecular weight excluding hydrogens is 312 g/mol. The van der Waals surface area contributed by atoms with Gasteiger partial charge in [0.2, 0.25) is 5.91 Å². The molecule has 0 aliphatic carbocycles. The molecule has 0 aromatic heterocycles. The van der Waals surface area contributed by atoms with E-state index < -0.39 is 5.97 Å². The van der Waals surface area contributed by atoms with E-state index in [1.807, 2.05) is 6.92 Å². The molecule has 24 heavy (non-hydrogen) atoms. The normalized spacial score (nSPS) is 17.2. The molecule has 2 amide bonds. The zero-order valence-corrected chi connectivity index (χ0v) is 13.9. The van der Waals surface area contributed by atoms with Gasteiger partial charge < -0.3 is 19.7 Å². The number of amides is 2. The minimum atomic E-state index is -0.546. The SMILES string of the molecule is CC(=O)NCc1ccc(C(=O)OCC(=O)N2CCOC(C)C2)cc1. The van der Waals surface area contributed by atoms with Crippen molar-refractivity contribution in [2.75, 3.05) is 26.3 Å². The Balaban J connectivity index is 1.81. The first-order valence-electron chi connectivity index (χ1n) is 7.85. The van der Waals surface area contributed by atoms with Gasteiger partial charge in [0, 0.05) is 26.6 Å². The van der Waals surface area contributed by atoms with Gasteiger partial charge in [-0.15, -0.1) is 0 Å². The quantitative estimate of drug-likeness (QED) is 0.802. The van der Waals surface area contributed by atoms with Crippen molar-refractivity contribution < 1.29 is 23.9 Å². The maximum atomic E-state index is 12.0. The summed E-state index contributed by atoms with van der Waals surface area (Å²) in [4.78, 5) is 36.5. The van der Waals surface area contributed by atoms with Gasteiger partial charge in [0.1, 0.15) is 0 Å². The third-order valence-electron chi connectivity index (χ3n) is 3.65. The highest BCUT2D eigenvalue weighted by Crippen LogP contribution is 2.08. The predicted octanol–water partition coefficient (Wildman–Crippen LogP) is 0.727. The van der Waals surface area contributed by atoms with Crippen molar-refractivity contribution in [3.8, 4) is 0 Å². The molecule has 1 heterocycles. The second-order valence-corrected chi connectivity index (χ2v) is 5.70. The molecule has 1 atom stereocenters. The molecule has 1 aliphatic rings. The standard InChI is InChI=1S/C17H22N2O5/c1-12-10-19(7-8-23-12)16(21)11-24-17(22)15-5-3-14(4-6-15)9-18-13(2)20/h3-6,12H,7-11H2,1-2H3,(H,18,20). The van der Waals surface area contributed by atoms with Crippen LogP contribution in [0.1, 0.15) is 29.8 Å². The number of esters is 1. The Hall–Kier alpha value is -2.41. The second kappa shape index (κ2) is 8.44. The Morgan fingerprint density at radius 1 is 1.29 bits per heavy atom. The highest BCUT2D eigenvalue weighted by Gasteiger charge is 2.22. The fourth-order valence-corrected chi connectivity index (χ4v) is 2.33. The first-order valence-corrected chi connectivity index (χ1v) is 7.85. The van der Waals surface area contributed by atoms with E-state index in [-0.39, 0.29) is 24.5 Å². The number of hydrogen-bond donors (Lipinski definition) is 1. The number of carbonyl (C=O) groups is 3. The van der Waals surface area contributed by atoms with Gasteiger partial charge in [0.25, 0.3) is 5.91 Å². The Labute approximate surface area is 140 Å². The summed E-state index contributed by atoms with van der Waals surface area (Å²) in [5.74, 6) is -0.883. The Kier molecular flexibility index (Phi) is 6.31. The second-order valence-electron chi connectivity index (χ2n) is 5.70. The number of ether oxygens (including phenoxy) is 2. The summed E-state index contributed by atoms with van der Waals surface area (Å²) in [6.07, 6.45) is -0.00504. The smallest absolute Gasteiger partial charge is 0.338 e. The lowest BCUT2D eigenvalue weighted by Gasteiger charge is -2.30. The fourth-order valence-electron chi connectivity index (χ4n) is 2.33. The summed E-state index contributed by atoms with van der Waals surface area (Å²) in [5.41, 5.74) is 1.24. The van der Waals surface area contributed by atoms with Crippen LogP contribution in [0.3, 0.4) is 0 Å². The lowest BCUT2D eigenvalue weighted by atomic mass is 10.1. The van der Waals surface area contributed by atoms with Gasteiger partial charge in [-0.3, -0.25) is 9.59 Å². The molecule has 1 aliphatic heterocycles. The molecule has 130 valence electrons. The summed E-state index contributed by atoms with van der Waals surface area (Å²) in [5, 5.41) is 2.67. The van der Waals surface area contributed by atoms with Gasteiger partial charge in [0.15, 0.2) is 6.61 Å². The number of rotatable bonds is 5. The summed E-state index contributed by atoms with van der Waals surface area (Å²) < 4.78 is 10.4. The van der Waals surface area contributed by atoms with Crippen LogP contribution in [0, 0.1) is 0 Å². The van der Waals surface area contributed by atoms with Crippen LogP contribution in [0.2, 0.25) is 0 Å². The van der Waals surface area contributed by atoms with Crippen molar-refractivity contribution >= 4 is 17.8 Å². The predicted molar refractivity (Wildman–Crippen MR) is 86.2 cm³/mol. The molecule has 7 heteroatoms. The number of hydrogen-bond acceptors (Lipinski definition) is 5. The van der Waals surface area contributed by atoms with E-state index in [1.165, 1.54) is 6.92 Å². The highest BCUT2D eigenvalue weighted by atomic mass is 16.5. The molecule has 0 saturated carbocycles. The molecule has 0 bridgehead atoms. The summed E-state index contributed by atoms with van der Waals surface area (Å²) in [7, 11) is 0. The number of morpholine rings is 1. The molecule has 1 unspecified atom stereocenters. The first kappa shape index (κ1) is 17.9. The lowest BCUT2D eigenvalue weighted by Crippen LogP contribution is -2.46. The van der Waals surface area contributed by atoms with E-state index in [9.17, 15) is 14.4 Å². The lowest BCUT2D eigenvalue weighted by molar-refractivity contribution is -0.141. The molecule has 1 saturated heterocycles. The largest absolute Gasteiger partial charge is 0.452 e. The Morgan fingerprint density at radius 3 is 2.62 bits per heavy atom. The Bertz CT molecular complexity index is 600. The first-order chi connectivity index (χ1) is 11.5. The van der Waals surface area contributed by atoms with Crippen LogP contribution >= 0.6 is 0 Å². The van der Waals surface area contributed by atoms with Gasteiger partial charge in [-0.25, -0.2) is 4.79 Å². The van der Waals surface area contributed by atoms with Crippen molar-refractivity contribution in [2.24, 2.45) is 0 Å². The van der Waals surface area contributed by atoms with Crippen LogP contribution in [-0.4, -0.2) is 55.1 Å². The van der Waals surface area contributed by atoms with E-state index in [2.05, 4.69) is 5.32 Å². The molecule has 1 fully saturated rings. The van der Waals surface area contributed by atoms with Crippen LogP contribution in [0.4, 0.5) is 0 Å². The molecule has 0 radical (unpaired) electrons. The van der Waals surface area contributed by atoms with Crippen LogP contribution in [-0.2, 0) is 25.6 Å².